The molecule has 4 fully saturated rings. The molecule has 30 nitrogen and oxygen atoms in total. The average Bonchev–Trinajstić information content (AvgIpc) is 1.65. The second kappa shape index (κ2) is 33.5. The summed E-state index contributed by atoms with van der Waals surface area (Å²) in [5, 5.41) is 24.5. The Morgan fingerprint density at radius 2 is 0.713 bits per heavy atom. The molecule has 0 bridgehead atoms. The van der Waals surface area contributed by atoms with Gasteiger partial charge in [-0.15, -0.1) is 0 Å². The molecule has 30 heteroatoms. The number of rotatable bonds is 14. The second-order valence-corrected chi connectivity index (χ2v) is 22.5. The maximum absolute atomic E-state index is 12.9. The lowest BCUT2D eigenvalue weighted by molar-refractivity contribution is -0.149. The Hall–Kier alpha value is -11.6. The number of nitrogens with one attached hydrogen (secondary N) is 3. The number of carboxylic acids is 2. The van der Waals surface area contributed by atoms with E-state index in [9.17, 15) is 62.3 Å². The van der Waals surface area contributed by atoms with E-state index in [-0.39, 0.29) is 52.7 Å². The highest BCUT2D eigenvalue weighted by atomic mass is 16.6. The van der Waals surface area contributed by atoms with Crippen LogP contribution in [0.15, 0.2) is 152 Å². The van der Waals surface area contributed by atoms with Crippen LogP contribution in [0.2, 0.25) is 0 Å². The topological polar surface area (TPSA) is 379 Å². The normalized spacial score (nSPS) is 17.1. The van der Waals surface area contributed by atoms with E-state index in [1.807, 2.05) is 66.7 Å². The number of amides is 13. The molecule has 4 atom stereocenters. The van der Waals surface area contributed by atoms with Crippen molar-refractivity contribution in [3.8, 4) is 0 Å². The third-order valence-corrected chi connectivity index (χ3v) is 13.0. The highest BCUT2D eigenvalue weighted by Gasteiger charge is 2.51. The molecule has 94 heavy (non-hydrogen) atoms. The largest absolute Gasteiger partial charge is 0.480 e. The summed E-state index contributed by atoms with van der Waals surface area (Å²) < 4.78 is 36.0. The van der Waals surface area contributed by atoms with Gasteiger partial charge in [-0.2, -0.15) is 0 Å². The van der Waals surface area contributed by atoms with Crippen LogP contribution in [-0.4, -0.2) is 175 Å². The fourth-order valence-electron chi connectivity index (χ4n) is 8.43. The highest BCUT2D eigenvalue weighted by Crippen LogP contribution is 2.24. The minimum absolute atomic E-state index is 0.00705. The molecule has 5 aromatic carbocycles. The molecule has 0 radical (unpaired) electrons. The van der Waals surface area contributed by atoms with Crippen molar-refractivity contribution in [1.82, 2.24) is 40.4 Å². The van der Waals surface area contributed by atoms with Crippen LogP contribution in [0.4, 0.5) is 43.2 Å². The van der Waals surface area contributed by atoms with Gasteiger partial charge in [-0.3, -0.25) is 0 Å². The van der Waals surface area contributed by atoms with Gasteiger partial charge in [0.05, 0.1) is 26.2 Å². The Balaban J connectivity index is 0.000000206. The van der Waals surface area contributed by atoms with E-state index in [0.29, 0.717) is 20.3 Å². The van der Waals surface area contributed by atoms with Crippen LogP contribution in [0.1, 0.15) is 69.4 Å². The van der Waals surface area contributed by atoms with Gasteiger partial charge >= 0.3 is 78.5 Å². The molecule has 0 aromatic heterocycles. The fourth-order valence-corrected chi connectivity index (χ4v) is 8.43. The lowest BCUT2D eigenvalue weighted by atomic mass is 10.2. The Bertz CT molecular complexity index is 3500. The molecule has 5 aromatic rings. The molecule has 13 amide bonds. The monoisotopic (exact) mass is 1300 g/mol. The number of hydrogen-bond acceptors (Lipinski definition) is 20. The van der Waals surface area contributed by atoms with Crippen LogP contribution in [0.25, 0.3) is 0 Å². The van der Waals surface area contributed by atoms with E-state index in [4.69, 9.17) is 43.4 Å². The molecule has 4 saturated heterocycles. The molecule has 4 aliphatic rings. The van der Waals surface area contributed by atoms with E-state index in [1.165, 1.54) is 0 Å². The van der Waals surface area contributed by atoms with E-state index in [1.54, 1.807) is 126 Å². The molecule has 0 unspecified atom stereocenters. The standard InChI is InChI=1S/C24H26N2O7.C19H18N2O5.C12H12N2O5.C9H14N2O5/c1-24(2,3)33-22(29)25-14-19(20(27)31-15-17-10-6-4-7-11-17)26(21(25)28)23(30)32-16-18-12-8-5-9-13-18;22-17(25-12-14-7-3-1-4-8-14)16-11-20-18(23)21(16)19(24)26-13-15-9-5-2-6-10-15;15-10(16)9-6-13-11(17)14(9)12(18)19-7-8-4-2-1-3-5-8;1-9(2,3)16-8(15)11-4-5(6(12)13)10-7(11)14/h4-13,19H,14-16H2,1-3H3;1-10,16H,11-13H2,(H,20,23);1-5,9H,6-7H2,(H,13,17)(H,15,16);5H,4H2,1-3H3,(H,10,14)(H,12,13)/t19-;16-;9-;5-/m0000/s1. The summed E-state index contributed by atoms with van der Waals surface area (Å²) in [5.74, 6) is -3.94. The predicted octanol–water partition coefficient (Wildman–Crippen LogP) is 7.77. The smallest absolute Gasteiger partial charge is 0.419 e. The van der Waals surface area contributed by atoms with Crippen molar-refractivity contribution in [2.75, 3.05) is 26.2 Å². The predicted molar refractivity (Wildman–Crippen MR) is 325 cm³/mol. The zero-order valence-corrected chi connectivity index (χ0v) is 51.9. The number of benzene rings is 5. The van der Waals surface area contributed by atoms with Crippen molar-refractivity contribution in [2.24, 2.45) is 0 Å². The van der Waals surface area contributed by atoms with Gasteiger partial charge < -0.3 is 59.3 Å². The summed E-state index contributed by atoms with van der Waals surface area (Å²) >= 11 is 0. The van der Waals surface area contributed by atoms with Crippen LogP contribution in [0.5, 0.6) is 0 Å². The first-order chi connectivity index (χ1) is 44.6. The van der Waals surface area contributed by atoms with Crippen LogP contribution in [0.3, 0.4) is 0 Å². The summed E-state index contributed by atoms with van der Waals surface area (Å²) in [5.41, 5.74) is 2.19. The third kappa shape index (κ3) is 21.5. The maximum Gasteiger partial charge on any atom is 0.419 e. The summed E-state index contributed by atoms with van der Waals surface area (Å²) in [6, 6.07) is 37.0. The summed E-state index contributed by atoms with van der Waals surface area (Å²) in [4.78, 5) is 158. The number of hydrogen-bond donors (Lipinski definition) is 5. The lowest BCUT2D eigenvalue weighted by Gasteiger charge is -2.23. The number of carbonyl (C=O) groups excluding carboxylic acids is 11. The van der Waals surface area contributed by atoms with Gasteiger partial charge in [-0.1, -0.05) is 152 Å². The number of nitrogens with zero attached hydrogens (tertiary/aromatic N) is 5. The van der Waals surface area contributed by atoms with Crippen LogP contribution < -0.4 is 16.0 Å². The summed E-state index contributed by atoms with van der Waals surface area (Å²) in [6.45, 7) is 9.06. The SMILES string of the molecule is CC(C)(C)OC(=O)N1C[C@@H](C(=O)O)NC1=O.CC(C)(C)OC(=O)N1C[C@@H](C(=O)OCc2ccccc2)N(C(=O)OCc2ccccc2)C1=O.O=C(O)[C@@H]1CNC(=O)N1C(=O)OCc1ccccc1.O=C(OCc1ccccc1)[C@@H]1CNC(=O)N1C(=O)OCc1ccccc1. The van der Waals surface area contributed by atoms with Gasteiger partial charge in [0.15, 0.2) is 18.1 Å². The molecular formula is C64H70N8O22. The third-order valence-electron chi connectivity index (χ3n) is 13.0. The van der Waals surface area contributed by atoms with E-state index in [0.717, 1.165) is 32.1 Å². The number of urea groups is 4. The molecule has 4 heterocycles. The number of carboxylic acid groups (broad SMARTS) is 2. The van der Waals surface area contributed by atoms with E-state index < -0.39 is 120 Å². The van der Waals surface area contributed by atoms with E-state index >= 15 is 0 Å². The summed E-state index contributed by atoms with van der Waals surface area (Å²) in [6.07, 6.45) is -4.71. The number of esters is 2. The first-order valence-corrected chi connectivity index (χ1v) is 28.9. The number of imide groups is 5. The number of carbonyl (C=O) groups is 13. The van der Waals surface area contributed by atoms with Gasteiger partial charge in [0.25, 0.3) is 0 Å². The highest BCUT2D eigenvalue weighted by molar-refractivity contribution is 6.05. The van der Waals surface area contributed by atoms with Gasteiger partial charge in [0.1, 0.15) is 50.3 Å². The molecule has 9 rings (SSSR count). The van der Waals surface area contributed by atoms with Gasteiger partial charge in [-0.05, 0) is 69.4 Å². The van der Waals surface area contributed by atoms with Crippen molar-refractivity contribution in [3.63, 3.8) is 0 Å². The van der Waals surface area contributed by atoms with Crippen LogP contribution in [0, 0.1) is 0 Å². The minimum atomic E-state index is -1.36. The zero-order chi connectivity index (χ0) is 68.7. The second-order valence-electron chi connectivity index (χ2n) is 22.5. The zero-order valence-electron chi connectivity index (χ0n) is 51.9. The van der Waals surface area contributed by atoms with Crippen LogP contribution >= 0.6 is 0 Å². The van der Waals surface area contributed by atoms with Crippen molar-refractivity contribution in [1.29, 1.82) is 0 Å². The molecule has 0 saturated carbocycles. The lowest BCUT2D eigenvalue weighted by Crippen LogP contribution is -2.45. The Morgan fingerprint density at radius 3 is 1.05 bits per heavy atom. The molecule has 498 valence electrons. The Labute approximate surface area is 538 Å². The van der Waals surface area contributed by atoms with Crippen molar-refractivity contribution >= 4 is 78.5 Å². The first kappa shape index (κ1) is 71.5. The molecule has 5 N–H and O–H groups in total. The van der Waals surface area contributed by atoms with Crippen molar-refractivity contribution in [2.45, 2.75) is 110 Å². The molecule has 0 aliphatic carbocycles. The average molecular weight is 1300 g/mol. The first-order valence-electron chi connectivity index (χ1n) is 28.9. The molecule has 0 spiro atoms. The van der Waals surface area contributed by atoms with Crippen molar-refractivity contribution in [3.05, 3.63) is 179 Å². The molecular weight excluding hydrogens is 1230 g/mol. The summed E-state index contributed by atoms with van der Waals surface area (Å²) in [7, 11) is 0. The van der Waals surface area contributed by atoms with Crippen molar-refractivity contribution < 1.29 is 106 Å². The maximum atomic E-state index is 12.9. The number of aliphatic carboxylic acids is 2. The molecule has 4 aliphatic heterocycles. The van der Waals surface area contributed by atoms with E-state index in [2.05, 4.69) is 16.0 Å². The minimum Gasteiger partial charge on any atom is -0.480 e. The fraction of sp³-hybridized carbons (Fsp3) is 0.328. The van der Waals surface area contributed by atoms with Gasteiger partial charge in [0, 0.05) is 0 Å². The van der Waals surface area contributed by atoms with Crippen LogP contribution in [-0.2, 0) is 85.4 Å². The Morgan fingerprint density at radius 1 is 0.394 bits per heavy atom. The quantitative estimate of drug-likeness (QED) is 0.0523. The van der Waals surface area contributed by atoms with Gasteiger partial charge in [0.2, 0.25) is 0 Å². The van der Waals surface area contributed by atoms with Gasteiger partial charge in [-0.25, -0.2) is 86.8 Å². The number of ether oxygens (including phenoxy) is 7. The Kier molecular flexibility index (Phi) is 25.5.